The molecular formula is C17H18ClFN2O4S. The number of carbonyl (C=O) groups is 1. The number of carbonyl (C=O) groups excluding carboxylic acids is 1. The van der Waals surface area contributed by atoms with Crippen LogP contribution in [-0.2, 0) is 14.8 Å². The van der Waals surface area contributed by atoms with Crippen LogP contribution in [0.1, 0.15) is 17.3 Å². The zero-order chi connectivity index (χ0) is 19.3. The van der Waals surface area contributed by atoms with Gasteiger partial charge in [-0.15, -0.1) is 0 Å². The number of methoxy groups -OCH3 is 1. The highest BCUT2D eigenvalue weighted by Crippen LogP contribution is 2.20. The van der Waals surface area contributed by atoms with Crippen LogP contribution in [0.3, 0.4) is 0 Å². The van der Waals surface area contributed by atoms with Crippen LogP contribution in [0.2, 0.25) is 5.02 Å². The van der Waals surface area contributed by atoms with Gasteiger partial charge in [-0.1, -0.05) is 11.6 Å². The molecule has 2 aromatic carbocycles. The van der Waals surface area contributed by atoms with Crippen molar-refractivity contribution in [3.05, 3.63) is 58.9 Å². The molecule has 0 saturated heterocycles. The second-order valence-corrected chi connectivity index (χ2v) is 7.70. The van der Waals surface area contributed by atoms with Crippen molar-refractivity contribution in [3.63, 3.8) is 0 Å². The van der Waals surface area contributed by atoms with Gasteiger partial charge in [-0.3, -0.25) is 4.79 Å². The minimum atomic E-state index is -3.70. The Morgan fingerprint density at radius 3 is 2.46 bits per heavy atom. The topological polar surface area (TPSA) is 84.5 Å². The number of ether oxygens (including phenoxy) is 1. The summed E-state index contributed by atoms with van der Waals surface area (Å²) in [6, 6.07) is 8.68. The molecule has 0 radical (unpaired) electrons. The lowest BCUT2D eigenvalue weighted by Gasteiger charge is -2.13. The summed E-state index contributed by atoms with van der Waals surface area (Å²) >= 11 is 5.85. The number of halogens is 2. The van der Waals surface area contributed by atoms with E-state index in [1.54, 1.807) is 6.92 Å². The van der Waals surface area contributed by atoms with Crippen molar-refractivity contribution in [1.82, 2.24) is 4.72 Å². The molecule has 9 heteroatoms. The molecule has 0 bridgehead atoms. The molecule has 140 valence electrons. The van der Waals surface area contributed by atoms with Crippen LogP contribution in [0.4, 0.5) is 10.1 Å². The van der Waals surface area contributed by atoms with Gasteiger partial charge < -0.3 is 10.1 Å². The molecule has 0 spiro atoms. The molecule has 0 aromatic heterocycles. The maximum absolute atomic E-state index is 13.0. The van der Waals surface area contributed by atoms with Gasteiger partial charge in [0.15, 0.2) is 0 Å². The summed E-state index contributed by atoms with van der Waals surface area (Å²) in [6.45, 7) is 1.92. The van der Waals surface area contributed by atoms with Crippen LogP contribution < -0.4 is 10.0 Å². The number of benzene rings is 2. The van der Waals surface area contributed by atoms with Gasteiger partial charge in [0.1, 0.15) is 5.82 Å². The van der Waals surface area contributed by atoms with E-state index < -0.39 is 21.7 Å². The van der Waals surface area contributed by atoms with Gasteiger partial charge in [-0.25, -0.2) is 17.5 Å². The van der Waals surface area contributed by atoms with Crippen LogP contribution in [-0.4, -0.2) is 34.1 Å². The van der Waals surface area contributed by atoms with Gasteiger partial charge >= 0.3 is 0 Å². The predicted molar refractivity (Wildman–Crippen MR) is 97.5 cm³/mol. The smallest absolute Gasteiger partial charge is 0.257 e. The number of nitrogens with one attached hydrogen (secondary N) is 2. The Morgan fingerprint density at radius 2 is 1.88 bits per heavy atom. The fourth-order valence-electron chi connectivity index (χ4n) is 2.21. The van der Waals surface area contributed by atoms with E-state index in [1.165, 1.54) is 37.4 Å². The van der Waals surface area contributed by atoms with Crippen LogP contribution in [0, 0.1) is 5.82 Å². The third-order valence-electron chi connectivity index (χ3n) is 3.37. The first-order chi connectivity index (χ1) is 12.2. The molecule has 1 atom stereocenters. The standard InChI is InChI=1S/C17H18ClFN2O4S/c1-11(10-25-2)21-26(23,24)14-6-4-13(5-7-14)20-17(22)15-8-3-12(19)9-16(15)18/h3-9,11,21H,10H2,1-2H3,(H,20,22). The van der Waals surface area contributed by atoms with Crippen molar-refractivity contribution in [2.75, 3.05) is 19.0 Å². The summed E-state index contributed by atoms with van der Waals surface area (Å²) in [5.41, 5.74) is 0.485. The Balaban J connectivity index is 2.10. The molecule has 0 aliphatic rings. The van der Waals surface area contributed by atoms with Crippen molar-refractivity contribution in [3.8, 4) is 0 Å². The molecule has 1 amide bonds. The summed E-state index contributed by atoms with van der Waals surface area (Å²) in [4.78, 5) is 12.2. The fourth-order valence-corrected chi connectivity index (χ4v) is 3.69. The molecule has 1 unspecified atom stereocenters. The number of sulfonamides is 1. The average Bonchev–Trinajstić information content (AvgIpc) is 2.54. The molecule has 6 nitrogen and oxygen atoms in total. The van der Waals surface area contributed by atoms with E-state index in [-0.39, 0.29) is 28.1 Å². The number of rotatable bonds is 7. The number of anilines is 1. The van der Waals surface area contributed by atoms with Gasteiger partial charge in [0.2, 0.25) is 10.0 Å². The molecule has 26 heavy (non-hydrogen) atoms. The Morgan fingerprint density at radius 1 is 1.23 bits per heavy atom. The lowest BCUT2D eigenvalue weighted by atomic mass is 10.2. The van der Waals surface area contributed by atoms with Crippen molar-refractivity contribution >= 4 is 33.2 Å². The SMILES string of the molecule is COCC(C)NS(=O)(=O)c1ccc(NC(=O)c2ccc(F)cc2Cl)cc1. The second kappa shape index (κ2) is 8.59. The van der Waals surface area contributed by atoms with Crippen molar-refractivity contribution in [1.29, 1.82) is 0 Å². The lowest BCUT2D eigenvalue weighted by molar-refractivity contribution is 0.102. The third kappa shape index (κ3) is 5.25. The van der Waals surface area contributed by atoms with E-state index in [0.717, 1.165) is 12.1 Å². The highest BCUT2D eigenvalue weighted by Gasteiger charge is 2.17. The largest absolute Gasteiger partial charge is 0.383 e. The van der Waals surface area contributed by atoms with Crippen LogP contribution in [0.25, 0.3) is 0 Å². The second-order valence-electron chi connectivity index (χ2n) is 5.58. The summed E-state index contributed by atoms with van der Waals surface area (Å²) in [5.74, 6) is -1.08. The van der Waals surface area contributed by atoms with Gasteiger partial charge in [0.25, 0.3) is 5.91 Å². The zero-order valence-corrected chi connectivity index (χ0v) is 15.7. The molecule has 0 fully saturated rings. The minimum absolute atomic E-state index is 0.0157. The summed E-state index contributed by atoms with van der Waals surface area (Å²) in [7, 11) is -2.21. The lowest BCUT2D eigenvalue weighted by Crippen LogP contribution is -2.35. The first-order valence-electron chi connectivity index (χ1n) is 7.60. The first kappa shape index (κ1) is 20.3. The number of hydrogen-bond acceptors (Lipinski definition) is 4. The molecule has 2 rings (SSSR count). The van der Waals surface area contributed by atoms with Gasteiger partial charge in [0, 0.05) is 18.8 Å². The molecule has 0 aliphatic carbocycles. The molecule has 2 aromatic rings. The number of hydrogen-bond donors (Lipinski definition) is 2. The maximum atomic E-state index is 13.0. The van der Waals surface area contributed by atoms with E-state index in [0.29, 0.717) is 5.69 Å². The van der Waals surface area contributed by atoms with E-state index >= 15 is 0 Å². The molecule has 0 saturated carbocycles. The average molecular weight is 401 g/mol. The quantitative estimate of drug-likeness (QED) is 0.748. The van der Waals surface area contributed by atoms with Gasteiger partial charge in [-0.05, 0) is 49.4 Å². The number of amides is 1. The van der Waals surface area contributed by atoms with Crippen molar-refractivity contribution in [2.45, 2.75) is 17.9 Å². The first-order valence-corrected chi connectivity index (χ1v) is 9.47. The summed E-state index contributed by atoms with van der Waals surface area (Å²) in [6.07, 6.45) is 0. The third-order valence-corrected chi connectivity index (χ3v) is 5.29. The van der Waals surface area contributed by atoms with Crippen molar-refractivity contribution < 1.29 is 22.3 Å². The van der Waals surface area contributed by atoms with E-state index in [1.807, 2.05) is 0 Å². The summed E-state index contributed by atoms with van der Waals surface area (Å²) < 4.78 is 44.9. The van der Waals surface area contributed by atoms with Gasteiger partial charge in [0.05, 0.1) is 22.1 Å². The summed E-state index contributed by atoms with van der Waals surface area (Å²) in [5, 5.41) is 2.56. The molecular weight excluding hydrogens is 383 g/mol. The highest BCUT2D eigenvalue weighted by molar-refractivity contribution is 7.89. The Kier molecular flexibility index (Phi) is 6.71. The fraction of sp³-hybridized carbons (Fsp3) is 0.235. The van der Waals surface area contributed by atoms with Gasteiger partial charge in [-0.2, -0.15) is 0 Å². The van der Waals surface area contributed by atoms with Crippen LogP contribution >= 0.6 is 11.6 Å². The predicted octanol–water partition coefficient (Wildman–Crippen LogP) is 3.04. The highest BCUT2D eigenvalue weighted by atomic mass is 35.5. The minimum Gasteiger partial charge on any atom is -0.383 e. The van der Waals surface area contributed by atoms with Crippen LogP contribution in [0.15, 0.2) is 47.4 Å². The Bertz CT molecular complexity index is 888. The molecule has 0 aliphatic heterocycles. The molecule has 0 heterocycles. The maximum Gasteiger partial charge on any atom is 0.257 e. The van der Waals surface area contributed by atoms with E-state index in [9.17, 15) is 17.6 Å². The van der Waals surface area contributed by atoms with E-state index in [2.05, 4.69) is 10.0 Å². The van der Waals surface area contributed by atoms with E-state index in [4.69, 9.17) is 16.3 Å². The zero-order valence-electron chi connectivity index (χ0n) is 14.1. The van der Waals surface area contributed by atoms with Crippen molar-refractivity contribution in [2.24, 2.45) is 0 Å². The molecule has 2 N–H and O–H groups in total. The monoisotopic (exact) mass is 400 g/mol. The van der Waals surface area contributed by atoms with Crippen LogP contribution in [0.5, 0.6) is 0 Å². The Labute approximate surface area is 156 Å². The Hall–Kier alpha value is -2.00. The normalized spacial score (nSPS) is 12.6.